The van der Waals surface area contributed by atoms with Crippen LogP contribution < -0.4 is 0 Å². The summed E-state index contributed by atoms with van der Waals surface area (Å²) in [5, 5.41) is 0. The van der Waals surface area contributed by atoms with Gasteiger partial charge in [0.15, 0.2) is 0 Å². The number of hydrogen-bond donors (Lipinski definition) is 0. The van der Waals surface area contributed by atoms with Gasteiger partial charge in [-0.2, -0.15) is 0 Å². The fraction of sp³-hybridized carbons (Fsp3) is 0.667. The number of piperidine rings is 1. The molecular formula is C15H23N3. The number of likely N-dealkylation sites (tertiary alicyclic amines) is 2. The van der Waals surface area contributed by atoms with Crippen molar-refractivity contribution < 1.29 is 0 Å². The fourth-order valence-electron chi connectivity index (χ4n) is 3.33. The molecule has 3 heterocycles. The average Bonchev–Trinajstić information content (AvgIpc) is 2.94. The second-order valence-corrected chi connectivity index (χ2v) is 5.64. The van der Waals surface area contributed by atoms with Crippen molar-refractivity contribution in [1.82, 2.24) is 14.8 Å². The molecule has 0 bridgehead atoms. The van der Waals surface area contributed by atoms with Crippen LogP contribution in [0, 0.1) is 0 Å². The predicted octanol–water partition coefficient (Wildman–Crippen LogP) is 2.14. The monoisotopic (exact) mass is 245 g/mol. The summed E-state index contributed by atoms with van der Waals surface area (Å²) >= 11 is 0. The molecule has 2 fully saturated rings. The minimum Gasteiger partial charge on any atom is -0.299 e. The van der Waals surface area contributed by atoms with Gasteiger partial charge in [0.05, 0.1) is 0 Å². The van der Waals surface area contributed by atoms with Crippen molar-refractivity contribution in [3.8, 4) is 0 Å². The fourth-order valence-corrected chi connectivity index (χ4v) is 3.33. The van der Waals surface area contributed by atoms with E-state index in [9.17, 15) is 0 Å². The molecule has 0 aromatic carbocycles. The van der Waals surface area contributed by atoms with Gasteiger partial charge in [0.1, 0.15) is 0 Å². The second kappa shape index (κ2) is 5.81. The number of aromatic nitrogens is 1. The summed E-state index contributed by atoms with van der Waals surface area (Å²) in [6, 6.07) is 5.03. The molecule has 0 amide bonds. The van der Waals surface area contributed by atoms with E-state index < -0.39 is 0 Å². The van der Waals surface area contributed by atoms with Crippen molar-refractivity contribution in [3.05, 3.63) is 30.1 Å². The summed E-state index contributed by atoms with van der Waals surface area (Å²) in [5.74, 6) is 0. The first-order valence-corrected chi connectivity index (χ1v) is 7.27. The lowest BCUT2D eigenvalue weighted by Crippen LogP contribution is -2.46. The van der Waals surface area contributed by atoms with Gasteiger partial charge in [-0.05, 0) is 56.9 Å². The van der Waals surface area contributed by atoms with Gasteiger partial charge < -0.3 is 0 Å². The van der Waals surface area contributed by atoms with E-state index in [1.807, 2.05) is 18.5 Å². The van der Waals surface area contributed by atoms with Crippen LogP contribution in [0.5, 0.6) is 0 Å². The summed E-state index contributed by atoms with van der Waals surface area (Å²) in [4.78, 5) is 9.51. The van der Waals surface area contributed by atoms with Gasteiger partial charge in [0, 0.05) is 31.5 Å². The maximum Gasteiger partial charge on any atom is 0.0312 e. The van der Waals surface area contributed by atoms with Gasteiger partial charge >= 0.3 is 0 Å². The van der Waals surface area contributed by atoms with E-state index in [0.29, 0.717) is 0 Å². The van der Waals surface area contributed by atoms with Crippen molar-refractivity contribution in [3.63, 3.8) is 0 Å². The zero-order valence-electron chi connectivity index (χ0n) is 11.1. The minimum absolute atomic E-state index is 0.804. The van der Waals surface area contributed by atoms with Crippen LogP contribution in [-0.4, -0.2) is 47.0 Å². The lowest BCUT2D eigenvalue weighted by atomic mass is 10.0. The normalized spacial score (nSPS) is 26.6. The Labute approximate surface area is 110 Å². The number of nitrogens with zero attached hydrogens (tertiary/aromatic N) is 3. The third-order valence-electron chi connectivity index (χ3n) is 4.27. The van der Waals surface area contributed by atoms with Gasteiger partial charge in [-0.1, -0.05) is 6.07 Å². The summed E-state index contributed by atoms with van der Waals surface area (Å²) in [5.41, 5.74) is 1.35. The van der Waals surface area contributed by atoms with Crippen LogP contribution in [0.25, 0.3) is 0 Å². The average molecular weight is 245 g/mol. The number of pyridine rings is 1. The Morgan fingerprint density at radius 1 is 1.17 bits per heavy atom. The third kappa shape index (κ3) is 2.90. The van der Waals surface area contributed by atoms with Crippen molar-refractivity contribution in [2.24, 2.45) is 0 Å². The molecule has 0 radical (unpaired) electrons. The second-order valence-electron chi connectivity index (χ2n) is 5.64. The van der Waals surface area contributed by atoms with Crippen LogP contribution in [0.4, 0.5) is 0 Å². The van der Waals surface area contributed by atoms with E-state index in [4.69, 9.17) is 0 Å². The molecule has 1 aromatic rings. The van der Waals surface area contributed by atoms with Crippen LogP contribution in [0.2, 0.25) is 0 Å². The highest BCUT2D eigenvalue weighted by Gasteiger charge is 2.26. The Hall–Kier alpha value is -0.930. The smallest absolute Gasteiger partial charge is 0.0312 e. The molecule has 0 N–H and O–H groups in total. The number of hydrogen-bond acceptors (Lipinski definition) is 3. The van der Waals surface area contributed by atoms with Crippen molar-refractivity contribution in [1.29, 1.82) is 0 Å². The molecule has 3 heteroatoms. The van der Waals surface area contributed by atoms with Crippen LogP contribution in [0.15, 0.2) is 24.5 Å². The third-order valence-corrected chi connectivity index (χ3v) is 4.27. The Balaban J connectivity index is 1.56. The molecule has 0 saturated carbocycles. The minimum atomic E-state index is 0.804. The zero-order valence-corrected chi connectivity index (χ0v) is 11.1. The molecule has 3 nitrogen and oxygen atoms in total. The molecule has 0 spiro atoms. The van der Waals surface area contributed by atoms with Gasteiger partial charge in [0.2, 0.25) is 0 Å². The highest BCUT2D eigenvalue weighted by molar-refractivity contribution is 5.08. The van der Waals surface area contributed by atoms with Crippen LogP contribution in [0.3, 0.4) is 0 Å². The van der Waals surface area contributed by atoms with Crippen LogP contribution in [-0.2, 0) is 6.54 Å². The predicted molar refractivity (Wildman–Crippen MR) is 73.3 cm³/mol. The summed E-state index contributed by atoms with van der Waals surface area (Å²) < 4.78 is 0. The Kier molecular flexibility index (Phi) is 3.91. The highest BCUT2D eigenvalue weighted by atomic mass is 15.2. The molecule has 3 rings (SSSR count). The highest BCUT2D eigenvalue weighted by Crippen LogP contribution is 2.21. The Bertz CT molecular complexity index is 359. The molecule has 98 valence electrons. The zero-order chi connectivity index (χ0) is 12.2. The molecular weight excluding hydrogens is 222 g/mol. The largest absolute Gasteiger partial charge is 0.299 e. The lowest BCUT2D eigenvalue weighted by Gasteiger charge is -2.37. The summed E-state index contributed by atoms with van der Waals surface area (Å²) in [6.45, 7) is 6.21. The first-order chi connectivity index (χ1) is 8.92. The quantitative estimate of drug-likeness (QED) is 0.813. The molecule has 2 aliphatic heterocycles. The van der Waals surface area contributed by atoms with Crippen LogP contribution in [0.1, 0.15) is 31.2 Å². The van der Waals surface area contributed by atoms with E-state index in [2.05, 4.69) is 20.9 Å². The van der Waals surface area contributed by atoms with Crippen molar-refractivity contribution in [2.45, 2.75) is 38.3 Å². The lowest BCUT2D eigenvalue weighted by molar-refractivity contribution is 0.110. The molecule has 1 aromatic heterocycles. The summed E-state index contributed by atoms with van der Waals surface area (Å²) in [6.07, 6.45) is 9.40. The molecule has 2 aliphatic rings. The Morgan fingerprint density at radius 3 is 2.83 bits per heavy atom. The molecule has 2 saturated heterocycles. The molecule has 1 atom stereocenters. The van der Waals surface area contributed by atoms with E-state index in [0.717, 1.165) is 12.6 Å². The van der Waals surface area contributed by atoms with Gasteiger partial charge in [0.25, 0.3) is 0 Å². The topological polar surface area (TPSA) is 19.4 Å². The van der Waals surface area contributed by atoms with Gasteiger partial charge in [-0.15, -0.1) is 0 Å². The molecule has 0 aliphatic carbocycles. The first-order valence-electron chi connectivity index (χ1n) is 7.27. The van der Waals surface area contributed by atoms with E-state index in [-0.39, 0.29) is 0 Å². The van der Waals surface area contributed by atoms with Gasteiger partial charge in [-0.25, -0.2) is 0 Å². The maximum atomic E-state index is 4.21. The van der Waals surface area contributed by atoms with E-state index >= 15 is 0 Å². The van der Waals surface area contributed by atoms with E-state index in [1.165, 1.54) is 57.4 Å². The van der Waals surface area contributed by atoms with E-state index in [1.54, 1.807) is 0 Å². The van der Waals surface area contributed by atoms with Gasteiger partial charge in [-0.3, -0.25) is 14.8 Å². The molecule has 1 unspecified atom stereocenters. The standard InChI is InChI=1S/C15H23N3/c1-2-10-18(9-1)15-6-4-8-17(13-15)12-14-5-3-7-16-11-14/h3,5,7,11,15H,1-2,4,6,8-10,12-13H2. The summed E-state index contributed by atoms with van der Waals surface area (Å²) in [7, 11) is 0. The van der Waals surface area contributed by atoms with Crippen molar-refractivity contribution in [2.75, 3.05) is 26.2 Å². The SMILES string of the molecule is c1cncc(CN2CCCC(N3CCCC3)C2)c1. The first kappa shape index (κ1) is 12.1. The molecule has 18 heavy (non-hydrogen) atoms. The number of rotatable bonds is 3. The maximum absolute atomic E-state index is 4.21. The Morgan fingerprint density at radius 2 is 2.06 bits per heavy atom. The van der Waals surface area contributed by atoms with Crippen molar-refractivity contribution >= 4 is 0 Å². The van der Waals surface area contributed by atoms with Crippen LogP contribution >= 0.6 is 0 Å².